The molecule has 1 aliphatic rings. The molecule has 3 atom stereocenters. The average Bonchev–Trinajstić information content (AvgIpc) is 3.11. The zero-order valence-corrected chi connectivity index (χ0v) is 19.1. The highest BCUT2D eigenvalue weighted by Gasteiger charge is 2.64. The van der Waals surface area contributed by atoms with E-state index in [0.29, 0.717) is 6.07 Å². The number of ether oxygens (including phenoxy) is 1. The second kappa shape index (κ2) is 8.68. The molecule has 0 spiro atoms. The van der Waals surface area contributed by atoms with E-state index >= 15 is 0 Å². The van der Waals surface area contributed by atoms with Crippen LogP contribution in [0.2, 0.25) is 0 Å². The summed E-state index contributed by atoms with van der Waals surface area (Å²) in [6, 6.07) is 4.31. The molecule has 194 valence electrons. The van der Waals surface area contributed by atoms with Crippen LogP contribution in [0.15, 0.2) is 30.3 Å². The van der Waals surface area contributed by atoms with Crippen molar-refractivity contribution in [2.45, 2.75) is 48.4 Å². The fourth-order valence-corrected chi connectivity index (χ4v) is 4.31. The van der Waals surface area contributed by atoms with Crippen LogP contribution in [0.3, 0.4) is 0 Å². The fraction of sp³-hybridized carbons (Fsp3) is 0.476. The monoisotopic (exact) mass is 530 g/mol. The molecule has 0 bridgehead atoms. The minimum atomic E-state index is -5.53. The summed E-state index contributed by atoms with van der Waals surface area (Å²) in [4.78, 5) is 3.70. The highest BCUT2D eigenvalue weighted by molar-refractivity contribution is 7.84. The Balaban J connectivity index is 2.42. The minimum absolute atomic E-state index is 0.105. The van der Waals surface area contributed by atoms with E-state index in [0.717, 1.165) is 24.3 Å². The number of benzene rings is 1. The van der Waals surface area contributed by atoms with Gasteiger partial charge in [0.2, 0.25) is 5.60 Å². The molecule has 6 nitrogen and oxygen atoms in total. The van der Waals surface area contributed by atoms with E-state index in [1.54, 1.807) is 0 Å². The van der Waals surface area contributed by atoms with Crippen LogP contribution in [-0.2, 0) is 22.0 Å². The van der Waals surface area contributed by atoms with Gasteiger partial charge in [-0.15, -0.1) is 0 Å². The highest BCUT2D eigenvalue weighted by atomic mass is 32.2. The van der Waals surface area contributed by atoms with Crippen molar-refractivity contribution in [2.75, 3.05) is 13.2 Å². The van der Waals surface area contributed by atoms with Gasteiger partial charge in [-0.05, 0) is 50.6 Å². The molecule has 0 amide bonds. The predicted octanol–water partition coefficient (Wildman–Crippen LogP) is 3.61. The molecule has 1 unspecified atom stereocenters. The Labute approximate surface area is 197 Å². The normalized spacial score (nSPS) is 21.3. The summed E-state index contributed by atoms with van der Waals surface area (Å²) in [5.41, 5.74) is -9.79. The smallest absolute Gasteiger partial charge is 0.425 e. The molecular weight excluding hydrogens is 509 g/mol. The van der Waals surface area contributed by atoms with Crippen LogP contribution in [0.4, 0.5) is 30.7 Å². The van der Waals surface area contributed by atoms with Crippen LogP contribution < -0.4 is 9.88 Å². The summed E-state index contributed by atoms with van der Waals surface area (Å²) >= 11 is 0. The van der Waals surface area contributed by atoms with E-state index in [-0.39, 0.29) is 5.56 Å². The van der Waals surface area contributed by atoms with E-state index < -0.39 is 87.3 Å². The lowest BCUT2D eigenvalue weighted by Crippen LogP contribution is -2.51. The molecule has 3 rings (SSSR count). The zero-order valence-electron chi connectivity index (χ0n) is 18.3. The van der Waals surface area contributed by atoms with E-state index in [9.17, 15) is 45.2 Å². The summed E-state index contributed by atoms with van der Waals surface area (Å²) in [5.74, 6) is -1.28. The summed E-state index contributed by atoms with van der Waals surface area (Å²) in [6.45, 7) is -0.659. The Bertz CT molecular complexity index is 1140. The molecule has 1 aliphatic heterocycles. The number of aliphatic hydroxyl groups excluding tert-OH is 1. The van der Waals surface area contributed by atoms with Crippen molar-refractivity contribution < 1.29 is 49.9 Å². The molecule has 1 aromatic heterocycles. The number of fused-ring (bicyclic) bond motifs is 1. The number of hydrogen-bond donors (Lipinski definition) is 3. The van der Waals surface area contributed by atoms with Crippen LogP contribution in [0, 0.1) is 5.82 Å². The molecule has 0 saturated carbocycles. The highest BCUT2D eigenvalue weighted by Crippen LogP contribution is 2.56. The van der Waals surface area contributed by atoms with Crippen LogP contribution in [-0.4, -0.2) is 49.7 Å². The molecule has 4 N–H and O–H groups in total. The van der Waals surface area contributed by atoms with Crippen molar-refractivity contribution in [1.82, 2.24) is 4.98 Å². The topological polar surface area (TPSA) is 106 Å². The Morgan fingerprint density at radius 3 is 2.17 bits per heavy atom. The third-order valence-electron chi connectivity index (χ3n) is 6.01. The van der Waals surface area contributed by atoms with Crippen LogP contribution in [0.1, 0.15) is 31.5 Å². The van der Waals surface area contributed by atoms with Gasteiger partial charge in [-0.3, -0.25) is 5.14 Å². The van der Waals surface area contributed by atoms with Crippen molar-refractivity contribution in [3.63, 3.8) is 0 Å². The van der Waals surface area contributed by atoms with Crippen LogP contribution >= 0.6 is 0 Å². The molecule has 1 aromatic carbocycles. The molecule has 2 aromatic rings. The molecule has 14 heteroatoms. The number of nitrogens with two attached hydrogens (primary N) is 1. The molecule has 0 fully saturated rings. The van der Waals surface area contributed by atoms with Crippen molar-refractivity contribution in [2.24, 2.45) is 5.14 Å². The maximum atomic E-state index is 14.6. The quantitative estimate of drug-likeness (QED) is 0.495. The summed E-state index contributed by atoms with van der Waals surface area (Å²) in [6.07, 6.45) is -11.6. The first-order valence-electron chi connectivity index (χ1n) is 9.97. The lowest BCUT2D eigenvalue weighted by atomic mass is 9.74. The first-order chi connectivity index (χ1) is 15.9. The first kappa shape index (κ1) is 27.3. The third kappa shape index (κ3) is 4.52. The third-order valence-corrected chi connectivity index (χ3v) is 7.24. The average molecular weight is 530 g/mol. The Morgan fingerprint density at radius 2 is 1.71 bits per heavy atom. The fourth-order valence-electron chi connectivity index (χ4n) is 3.92. The van der Waals surface area contributed by atoms with Crippen LogP contribution in [0.5, 0.6) is 5.75 Å². The number of halogens is 7. The van der Waals surface area contributed by atoms with Gasteiger partial charge in [0.15, 0.2) is 0 Å². The molecular formula is C21H21F7N2O4S. The van der Waals surface area contributed by atoms with E-state index in [2.05, 4.69) is 4.98 Å². The standard InChI is InChI=1S/C21H21F7N2O4S/c1-17(2,35(29)33)8-18(20(23,24)25)10-34-16-13(18)7-14(19(32,9-31)21(26,27)28)30-15(16)11-3-5-12(22)6-4-11/h3-7,31-32H,8-10,29H2,1-2H3/t18-,19-,35?/m0/s1. The number of pyridine rings is 1. The number of aliphatic hydroxyl groups is 2. The van der Waals surface area contributed by atoms with Gasteiger partial charge in [-0.25, -0.2) is 13.6 Å². The van der Waals surface area contributed by atoms with Gasteiger partial charge >= 0.3 is 12.4 Å². The van der Waals surface area contributed by atoms with Gasteiger partial charge in [-0.1, -0.05) is 0 Å². The van der Waals surface area contributed by atoms with Gasteiger partial charge in [-0.2, -0.15) is 26.3 Å². The largest absolute Gasteiger partial charge is 0.490 e. The lowest BCUT2D eigenvalue weighted by Gasteiger charge is -2.37. The minimum Gasteiger partial charge on any atom is -0.490 e. The Kier molecular flexibility index (Phi) is 6.77. The van der Waals surface area contributed by atoms with Crippen molar-refractivity contribution in [1.29, 1.82) is 0 Å². The zero-order chi connectivity index (χ0) is 26.6. The predicted molar refractivity (Wildman–Crippen MR) is 111 cm³/mol. The van der Waals surface area contributed by atoms with Crippen molar-refractivity contribution >= 4 is 11.0 Å². The SMILES string of the molecule is CC(C)(C[C@]1(C(F)(F)F)COc2c1cc([C@@](O)(CO)C(F)(F)F)nc2-c1ccc(F)cc1)S(N)=O. The molecule has 0 radical (unpaired) electrons. The summed E-state index contributed by atoms with van der Waals surface area (Å²) in [7, 11) is -2.27. The number of rotatable bonds is 6. The second-order valence-corrected chi connectivity index (χ2v) is 10.6. The lowest BCUT2D eigenvalue weighted by molar-refractivity contribution is -0.279. The van der Waals surface area contributed by atoms with E-state index in [4.69, 9.17) is 9.88 Å². The van der Waals surface area contributed by atoms with Crippen LogP contribution in [0.25, 0.3) is 11.3 Å². The van der Waals surface area contributed by atoms with Gasteiger partial charge in [0.25, 0.3) is 0 Å². The number of nitrogens with zero attached hydrogens (tertiary/aromatic N) is 1. The van der Waals surface area contributed by atoms with Crippen molar-refractivity contribution in [3.8, 4) is 17.0 Å². The maximum Gasteiger partial charge on any atom is 0.425 e. The second-order valence-electron chi connectivity index (χ2n) is 8.86. The van der Waals surface area contributed by atoms with E-state index in [1.807, 2.05) is 0 Å². The number of alkyl halides is 6. The molecule has 35 heavy (non-hydrogen) atoms. The van der Waals surface area contributed by atoms with Crippen molar-refractivity contribution in [3.05, 3.63) is 47.4 Å². The number of aromatic nitrogens is 1. The Morgan fingerprint density at radius 1 is 1.14 bits per heavy atom. The molecule has 2 heterocycles. The summed E-state index contributed by atoms with van der Waals surface area (Å²) in [5, 5.41) is 25.1. The Hall–Kier alpha value is -2.29. The first-order valence-corrected chi connectivity index (χ1v) is 11.2. The molecule has 0 aliphatic carbocycles. The van der Waals surface area contributed by atoms with Gasteiger partial charge < -0.3 is 14.9 Å². The van der Waals surface area contributed by atoms with E-state index in [1.165, 1.54) is 13.8 Å². The van der Waals surface area contributed by atoms with Gasteiger partial charge in [0, 0.05) is 11.1 Å². The maximum absolute atomic E-state index is 14.6. The number of hydrogen-bond acceptors (Lipinski definition) is 5. The summed E-state index contributed by atoms with van der Waals surface area (Å²) < 4.78 is 114. The van der Waals surface area contributed by atoms with Gasteiger partial charge in [0.1, 0.15) is 29.3 Å². The molecule has 0 saturated heterocycles. The van der Waals surface area contributed by atoms with Gasteiger partial charge in [0.05, 0.1) is 28.0 Å².